The van der Waals surface area contributed by atoms with Crippen LogP contribution in [0.2, 0.25) is 5.02 Å². The van der Waals surface area contributed by atoms with E-state index in [1.807, 2.05) is 43.3 Å². The number of amides is 2. The zero-order chi connectivity index (χ0) is 21.5. The number of rotatable bonds is 7. The van der Waals surface area contributed by atoms with E-state index in [1.54, 1.807) is 43.5 Å². The number of ether oxygens (including phenoxy) is 1. The monoisotopic (exact) mass is 440 g/mol. The predicted molar refractivity (Wildman–Crippen MR) is 123 cm³/mol. The molecule has 0 aliphatic heterocycles. The molecule has 1 atom stereocenters. The quantitative estimate of drug-likeness (QED) is 0.461. The number of hydrogen-bond acceptors (Lipinski definition) is 4. The summed E-state index contributed by atoms with van der Waals surface area (Å²) in [5.41, 5.74) is 1.80. The fourth-order valence-corrected chi connectivity index (χ4v) is 3.80. The number of thioether (sulfide) groups is 1. The van der Waals surface area contributed by atoms with E-state index in [2.05, 4.69) is 10.6 Å². The maximum absolute atomic E-state index is 12.5. The molecule has 0 saturated carbocycles. The second kappa shape index (κ2) is 10.2. The summed E-state index contributed by atoms with van der Waals surface area (Å²) in [4.78, 5) is 25.8. The van der Waals surface area contributed by atoms with E-state index in [-0.39, 0.29) is 17.1 Å². The van der Waals surface area contributed by atoms with E-state index in [9.17, 15) is 9.59 Å². The predicted octanol–water partition coefficient (Wildman–Crippen LogP) is 5.72. The topological polar surface area (TPSA) is 67.4 Å². The van der Waals surface area contributed by atoms with Crippen LogP contribution in [0.5, 0.6) is 5.75 Å². The van der Waals surface area contributed by atoms with Crippen molar-refractivity contribution < 1.29 is 14.3 Å². The van der Waals surface area contributed by atoms with Crippen LogP contribution in [-0.2, 0) is 4.79 Å². The smallest absolute Gasteiger partial charge is 0.255 e. The molecule has 1 unspecified atom stereocenters. The second-order valence-electron chi connectivity index (χ2n) is 6.47. The van der Waals surface area contributed by atoms with Gasteiger partial charge in [-0.15, -0.1) is 11.8 Å². The van der Waals surface area contributed by atoms with Crippen molar-refractivity contribution in [2.75, 3.05) is 17.7 Å². The summed E-state index contributed by atoms with van der Waals surface area (Å²) in [6.45, 7) is 1.83. The third-order valence-corrected chi connectivity index (χ3v) is 5.53. The molecule has 3 rings (SSSR count). The molecule has 0 aliphatic carbocycles. The van der Waals surface area contributed by atoms with E-state index >= 15 is 0 Å². The standard InChI is InChI=1S/C23H21ClN2O3S/c1-15(22(27)25-18-8-4-10-20(13-18)29-2)30-21-11-5-9-19(14-21)26-23(28)16-6-3-7-17(24)12-16/h3-15H,1-2H3,(H,25,27)(H,26,28). The van der Waals surface area contributed by atoms with Crippen LogP contribution < -0.4 is 15.4 Å². The Kier molecular flexibility index (Phi) is 7.38. The lowest BCUT2D eigenvalue weighted by molar-refractivity contribution is -0.115. The molecule has 0 aromatic heterocycles. The van der Waals surface area contributed by atoms with E-state index in [0.29, 0.717) is 27.7 Å². The van der Waals surface area contributed by atoms with E-state index < -0.39 is 0 Å². The Morgan fingerprint density at radius 3 is 2.37 bits per heavy atom. The Bertz CT molecular complexity index is 1060. The van der Waals surface area contributed by atoms with Crippen LogP contribution in [0.3, 0.4) is 0 Å². The van der Waals surface area contributed by atoms with Gasteiger partial charge in [-0.1, -0.05) is 29.8 Å². The van der Waals surface area contributed by atoms with E-state index in [0.717, 1.165) is 4.90 Å². The van der Waals surface area contributed by atoms with Crippen LogP contribution in [0.1, 0.15) is 17.3 Å². The second-order valence-corrected chi connectivity index (χ2v) is 8.32. The fourth-order valence-electron chi connectivity index (χ4n) is 2.68. The minimum absolute atomic E-state index is 0.124. The summed E-state index contributed by atoms with van der Waals surface area (Å²) in [6.07, 6.45) is 0. The summed E-state index contributed by atoms with van der Waals surface area (Å²) in [6, 6.07) is 21.3. The Labute approximate surface area is 184 Å². The summed E-state index contributed by atoms with van der Waals surface area (Å²) >= 11 is 7.36. The van der Waals surface area contributed by atoms with Crippen LogP contribution in [0.15, 0.2) is 77.7 Å². The minimum Gasteiger partial charge on any atom is -0.497 e. The average Bonchev–Trinajstić information content (AvgIpc) is 2.74. The van der Waals surface area contributed by atoms with Gasteiger partial charge in [0.1, 0.15) is 5.75 Å². The summed E-state index contributed by atoms with van der Waals surface area (Å²) < 4.78 is 5.18. The molecule has 0 saturated heterocycles. The zero-order valence-corrected chi connectivity index (χ0v) is 18.1. The van der Waals surface area contributed by atoms with Crippen molar-refractivity contribution in [3.63, 3.8) is 0 Å². The highest BCUT2D eigenvalue weighted by Gasteiger charge is 2.15. The molecule has 0 heterocycles. The van der Waals surface area contributed by atoms with Gasteiger partial charge < -0.3 is 15.4 Å². The molecule has 154 valence electrons. The molecule has 0 spiro atoms. The molecule has 5 nitrogen and oxygen atoms in total. The molecule has 0 radical (unpaired) electrons. The van der Waals surface area contributed by atoms with Crippen LogP contribution >= 0.6 is 23.4 Å². The van der Waals surface area contributed by atoms with Crippen molar-refractivity contribution in [1.82, 2.24) is 0 Å². The Morgan fingerprint density at radius 2 is 1.63 bits per heavy atom. The first-order chi connectivity index (χ1) is 14.4. The number of nitrogens with one attached hydrogen (secondary N) is 2. The average molecular weight is 441 g/mol. The Morgan fingerprint density at radius 1 is 0.933 bits per heavy atom. The largest absolute Gasteiger partial charge is 0.497 e. The lowest BCUT2D eigenvalue weighted by Gasteiger charge is -2.13. The van der Waals surface area contributed by atoms with Gasteiger partial charge in [-0.3, -0.25) is 9.59 Å². The number of halogens is 1. The van der Waals surface area contributed by atoms with Crippen molar-refractivity contribution >= 4 is 46.6 Å². The van der Waals surface area contributed by atoms with Crippen molar-refractivity contribution in [3.8, 4) is 5.75 Å². The molecule has 7 heteroatoms. The number of carbonyl (C=O) groups is 2. The maximum atomic E-state index is 12.5. The summed E-state index contributed by atoms with van der Waals surface area (Å²) in [7, 11) is 1.58. The molecule has 30 heavy (non-hydrogen) atoms. The van der Waals surface area contributed by atoms with Gasteiger partial charge in [-0.25, -0.2) is 0 Å². The normalized spacial score (nSPS) is 11.4. The number of hydrogen-bond donors (Lipinski definition) is 2. The van der Waals surface area contributed by atoms with Crippen molar-refractivity contribution in [2.45, 2.75) is 17.1 Å². The van der Waals surface area contributed by atoms with Crippen LogP contribution in [-0.4, -0.2) is 24.2 Å². The highest BCUT2D eigenvalue weighted by atomic mass is 35.5. The SMILES string of the molecule is COc1cccc(NC(=O)C(C)Sc2cccc(NC(=O)c3cccc(Cl)c3)c2)c1. The molecule has 0 fully saturated rings. The van der Waals surface area contributed by atoms with Gasteiger partial charge in [0.2, 0.25) is 5.91 Å². The number of methoxy groups -OCH3 is 1. The molecule has 0 aliphatic rings. The van der Waals surface area contributed by atoms with Gasteiger partial charge in [0.05, 0.1) is 12.4 Å². The zero-order valence-electron chi connectivity index (χ0n) is 16.5. The first-order valence-electron chi connectivity index (χ1n) is 9.23. The van der Waals surface area contributed by atoms with Gasteiger partial charge in [0.25, 0.3) is 5.91 Å². The van der Waals surface area contributed by atoms with Crippen LogP contribution in [0, 0.1) is 0 Å². The Hall–Kier alpha value is -2.96. The third-order valence-electron chi connectivity index (χ3n) is 4.20. The van der Waals surface area contributed by atoms with Gasteiger partial charge in [-0.05, 0) is 55.5 Å². The van der Waals surface area contributed by atoms with Crippen LogP contribution in [0.25, 0.3) is 0 Å². The van der Waals surface area contributed by atoms with Gasteiger partial charge in [0, 0.05) is 32.9 Å². The molecular weight excluding hydrogens is 420 g/mol. The molecule has 0 bridgehead atoms. The number of anilines is 2. The number of carbonyl (C=O) groups excluding carboxylic acids is 2. The first kappa shape index (κ1) is 21.7. The minimum atomic E-state index is -0.338. The van der Waals surface area contributed by atoms with Gasteiger partial charge in [0.15, 0.2) is 0 Å². The maximum Gasteiger partial charge on any atom is 0.255 e. The lowest BCUT2D eigenvalue weighted by atomic mass is 10.2. The van der Waals surface area contributed by atoms with Crippen molar-refractivity contribution in [3.05, 3.63) is 83.4 Å². The molecule has 3 aromatic carbocycles. The third kappa shape index (κ3) is 6.02. The highest BCUT2D eigenvalue weighted by molar-refractivity contribution is 8.00. The fraction of sp³-hybridized carbons (Fsp3) is 0.130. The van der Waals surface area contributed by atoms with Gasteiger partial charge in [-0.2, -0.15) is 0 Å². The molecule has 2 amide bonds. The number of benzene rings is 3. The summed E-state index contributed by atoms with van der Waals surface area (Å²) in [5, 5.41) is 5.91. The van der Waals surface area contributed by atoms with Crippen molar-refractivity contribution in [2.24, 2.45) is 0 Å². The molecule has 3 aromatic rings. The molecule has 2 N–H and O–H groups in total. The molecular formula is C23H21ClN2O3S. The Balaban J connectivity index is 1.62. The summed E-state index contributed by atoms with van der Waals surface area (Å²) in [5.74, 6) is 0.307. The van der Waals surface area contributed by atoms with Gasteiger partial charge >= 0.3 is 0 Å². The van der Waals surface area contributed by atoms with E-state index in [1.165, 1.54) is 11.8 Å². The lowest BCUT2D eigenvalue weighted by Crippen LogP contribution is -2.22. The van der Waals surface area contributed by atoms with Crippen LogP contribution in [0.4, 0.5) is 11.4 Å². The first-order valence-corrected chi connectivity index (χ1v) is 10.5. The highest BCUT2D eigenvalue weighted by Crippen LogP contribution is 2.27. The van der Waals surface area contributed by atoms with E-state index in [4.69, 9.17) is 16.3 Å². The van der Waals surface area contributed by atoms with Crippen molar-refractivity contribution in [1.29, 1.82) is 0 Å².